The Morgan fingerprint density at radius 1 is 1.26 bits per heavy atom. The Balaban J connectivity index is 2.57. The molecule has 120 valence electrons. The van der Waals surface area contributed by atoms with Gasteiger partial charge in [-0.25, -0.2) is 9.59 Å². The van der Waals surface area contributed by atoms with E-state index in [4.69, 9.17) is 4.74 Å². The first-order valence-electron chi connectivity index (χ1n) is 6.44. The van der Waals surface area contributed by atoms with Crippen LogP contribution in [0, 0.1) is 10.1 Å². The maximum atomic E-state index is 11.8. The number of nitro benzene ring substituents is 1. The highest BCUT2D eigenvalue weighted by Gasteiger charge is 2.23. The molecule has 0 fully saturated rings. The van der Waals surface area contributed by atoms with Crippen LogP contribution in [-0.2, 0) is 9.47 Å². The number of non-ortho nitro benzene ring substituents is 1. The number of hydrogen-bond acceptors (Lipinski definition) is 8. The average Bonchev–Trinajstić information content (AvgIpc) is 3.03. The fourth-order valence-electron chi connectivity index (χ4n) is 1.86. The summed E-state index contributed by atoms with van der Waals surface area (Å²) in [5.74, 6) is -1.49. The van der Waals surface area contributed by atoms with Crippen LogP contribution in [0.3, 0.4) is 0 Å². The van der Waals surface area contributed by atoms with E-state index in [0.29, 0.717) is 0 Å². The maximum absolute atomic E-state index is 11.8. The summed E-state index contributed by atoms with van der Waals surface area (Å²) >= 11 is 0. The van der Waals surface area contributed by atoms with Crippen LogP contribution in [0.4, 0.5) is 5.69 Å². The molecule has 1 heterocycles. The summed E-state index contributed by atoms with van der Waals surface area (Å²) in [5, 5.41) is 20.8. The zero-order valence-corrected chi connectivity index (χ0v) is 12.2. The van der Waals surface area contributed by atoms with Gasteiger partial charge < -0.3 is 9.47 Å². The average molecular weight is 320 g/mol. The summed E-state index contributed by atoms with van der Waals surface area (Å²) in [6.45, 7) is 1.76. The van der Waals surface area contributed by atoms with E-state index in [9.17, 15) is 19.7 Å². The normalized spacial score (nSPS) is 10.2. The van der Waals surface area contributed by atoms with E-state index < -0.39 is 16.9 Å². The molecule has 0 atom stereocenters. The summed E-state index contributed by atoms with van der Waals surface area (Å²) in [4.78, 5) is 33.8. The maximum Gasteiger partial charge on any atom is 0.361 e. The van der Waals surface area contributed by atoms with Gasteiger partial charge in [0, 0.05) is 17.7 Å². The first kappa shape index (κ1) is 16.1. The molecule has 2 aromatic rings. The van der Waals surface area contributed by atoms with E-state index in [-0.39, 0.29) is 34.8 Å². The fourth-order valence-corrected chi connectivity index (χ4v) is 1.86. The summed E-state index contributed by atoms with van der Waals surface area (Å²) in [6.07, 6.45) is 0. The summed E-state index contributed by atoms with van der Waals surface area (Å²) in [6, 6.07) is 3.56. The topological polar surface area (TPSA) is 137 Å². The molecule has 0 saturated heterocycles. The predicted molar refractivity (Wildman–Crippen MR) is 75.8 cm³/mol. The van der Waals surface area contributed by atoms with E-state index in [1.54, 1.807) is 6.92 Å². The van der Waals surface area contributed by atoms with Gasteiger partial charge >= 0.3 is 11.9 Å². The lowest BCUT2D eigenvalue weighted by Gasteiger charge is -2.04. The number of ether oxygens (including phenoxy) is 2. The zero-order chi connectivity index (χ0) is 17.0. The number of aromatic nitrogens is 3. The number of nitrogens with one attached hydrogen (secondary N) is 1. The molecule has 1 aromatic carbocycles. The number of benzene rings is 1. The van der Waals surface area contributed by atoms with Gasteiger partial charge in [-0.15, -0.1) is 5.10 Å². The van der Waals surface area contributed by atoms with Gasteiger partial charge in [-0.2, -0.15) is 10.3 Å². The Hall–Kier alpha value is -3.30. The molecule has 1 aromatic heterocycles. The van der Waals surface area contributed by atoms with Gasteiger partial charge in [0.25, 0.3) is 5.69 Å². The molecule has 1 N–H and O–H groups in total. The Kier molecular flexibility index (Phi) is 4.64. The van der Waals surface area contributed by atoms with Crippen molar-refractivity contribution in [3.8, 4) is 11.3 Å². The highest BCUT2D eigenvalue weighted by molar-refractivity contribution is 5.96. The van der Waals surface area contributed by atoms with Crippen molar-refractivity contribution in [3.63, 3.8) is 0 Å². The number of carbonyl (C=O) groups is 2. The van der Waals surface area contributed by atoms with E-state index in [0.717, 1.165) is 13.2 Å². The van der Waals surface area contributed by atoms with Gasteiger partial charge in [-0.3, -0.25) is 10.1 Å². The number of methoxy groups -OCH3 is 1. The van der Waals surface area contributed by atoms with Gasteiger partial charge in [-0.1, -0.05) is 0 Å². The lowest BCUT2D eigenvalue weighted by molar-refractivity contribution is -0.384. The van der Waals surface area contributed by atoms with Crippen molar-refractivity contribution in [2.45, 2.75) is 6.92 Å². The molecule has 0 aliphatic heterocycles. The molecule has 0 aliphatic carbocycles. The van der Waals surface area contributed by atoms with Crippen molar-refractivity contribution >= 4 is 17.6 Å². The van der Waals surface area contributed by atoms with Crippen LogP contribution in [0.1, 0.15) is 27.8 Å². The van der Waals surface area contributed by atoms with Gasteiger partial charge in [0.1, 0.15) is 5.69 Å². The van der Waals surface area contributed by atoms with Crippen LogP contribution >= 0.6 is 0 Å². The number of H-pyrrole nitrogens is 1. The molecule has 10 heteroatoms. The van der Waals surface area contributed by atoms with Crippen molar-refractivity contribution < 1.29 is 24.0 Å². The molecular formula is C13H12N4O6. The van der Waals surface area contributed by atoms with Gasteiger partial charge in [0.15, 0.2) is 5.69 Å². The summed E-state index contributed by atoms with van der Waals surface area (Å²) in [7, 11) is 1.15. The first-order chi connectivity index (χ1) is 11.0. The SMILES string of the molecule is CCOC(=O)c1n[nH]nc1-c1cc(C(=O)OC)cc([N+](=O)[O-])c1. The quantitative estimate of drug-likeness (QED) is 0.495. The molecule has 10 nitrogen and oxygen atoms in total. The van der Waals surface area contributed by atoms with E-state index in [2.05, 4.69) is 20.1 Å². The minimum absolute atomic E-state index is 0.0392. The Labute approximate surface area is 129 Å². The molecule has 0 saturated carbocycles. The minimum Gasteiger partial charge on any atom is -0.465 e. The number of rotatable bonds is 5. The largest absolute Gasteiger partial charge is 0.465 e. The molecule has 0 unspecified atom stereocenters. The molecule has 0 spiro atoms. The highest BCUT2D eigenvalue weighted by atomic mass is 16.6. The van der Waals surface area contributed by atoms with Crippen LogP contribution in [0.2, 0.25) is 0 Å². The second-order valence-electron chi connectivity index (χ2n) is 4.26. The number of aromatic amines is 1. The van der Waals surface area contributed by atoms with Crippen LogP contribution < -0.4 is 0 Å². The molecule has 0 aliphatic rings. The molecule has 23 heavy (non-hydrogen) atoms. The van der Waals surface area contributed by atoms with Gasteiger partial charge in [0.2, 0.25) is 0 Å². The third-order valence-electron chi connectivity index (χ3n) is 2.84. The van der Waals surface area contributed by atoms with E-state index in [1.807, 2.05) is 0 Å². The van der Waals surface area contributed by atoms with Crippen molar-refractivity contribution in [1.82, 2.24) is 15.4 Å². The Morgan fingerprint density at radius 2 is 2.00 bits per heavy atom. The van der Waals surface area contributed by atoms with Crippen LogP contribution in [0.25, 0.3) is 11.3 Å². The van der Waals surface area contributed by atoms with E-state index >= 15 is 0 Å². The summed E-state index contributed by atoms with van der Waals surface area (Å²) < 4.78 is 9.40. The number of esters is 2. The molecule has 0 radical (unpaired) electrons. The van der Waals surface area contributed by atoms with Crippen molar-refractivity contribution in [1.29, 1.82) is 0 Å². The minimum atomic E-state index is -0.754. The number of hydrogen-bond donors (Lipinski definition) is 1. The second-order valence-corrected chi connectivity index (χ2v) is 4.26. The molecule has 2 rings (SSSR count). The summed E-state index contributed by atoms with van der Waals surface area (Å²) in [5.41, 5.74) is -0.327. The lowest BCUT2D eigenvalue weighted by atomic mass is 10.1. The van der Waals surface area contributed by atoms with Crippen molar-refractivity contribution in [3.05, 3.63) is 39.6 Å². The molecule has 0 bridgehead atoms. The van der Waals surface area contributed by atoms with Crippen LogP contribution in [0.15, 0.2) is 18.2 Å². The van der Waals surface area contributed by atoms with Crippen molar-refractivity contribution in [2.24, 2.45) is 0 Å². The zero-order valence-electron chi connectivity index (χ0n) is 12.2. The van der Waals surface area contributed by atoms with E-state index in [1.165, 1.54) is 12.1 Å². The van der Waals surface area contributed by atoms with Crippen molar-refractivity contribution in [2.75, 3.05) is 13.7 Å². The monoisotopic (exact) mass is 320 g/mol. The third kappa shape index (κ3) is 3.31. The molecular weight excluding hydrogens is 308 g/mol. The number of nitrogens with zero attached hydrogens (tertiary/aromatic N) is 3. The lowest BCUT2D eigenvalue weighted by Crippen LogP contribution is -2.07. The standard InChI is InChI=1S/C13H12N4O6/c1-3-23-13(19)11-10(14-16-15-11)7-4-8(12(18)22-2)6-9(5-7)17(20)21/h4-6H,3H2,1-2H3,(H,14,15,16). The van der Waals surface area contributed by atoms with Gasteiger partial charge in [0.05, 0.1) is 24.2 Å². The first-order valence-corrected chi connectivity index (χ1v) is 6.44. The Morgan fingerprint density at radius 3 is 2.61 bits per heavy atom. The smallest absolute Gasteiger partial charge is 0.361 e. The number of nitro groups is 1. The second kappa shape index (κ2) is 6.64. The van der Waals surface area contributed by atoms with Crippen LogP contribution in [-0.4, -0.2) is 46.0 Å². The fraction of sp³-hybridized carbons (Fsp3) is 0.231. The highest BCUT2D eigenvalue weighted by Crippen LogP contribution is 2.27. The van der Waals surface area contributed by atoms with Gasteiger partial charge in [-0.05, 0) is 13.0 Å². The molecule has 0 amide bonds. The Bertz CT molecular complexity index is 770. The predicted octanol–water partition coefficient (Wildman–Crippen LogP) is 1.34. The third-order valence-corrected chi connectivity index (χ3v) is 2.84. The number of carbonyl (C=O) groups excluding carboxylic acids is 2. The van der Waals surface area contributed by atoms with Crippen LogP contribution in [0.5, 0.6) is 0 Å².